The summed E-state index contributed by atoms with van der Waals surface area (Å²) < 4.78 is 4.77. The Morgan fingerprint density at radius 2 is 1.18 bits per heavy atom. The zero-order valence-electron chi connectivity index (χ0n) is 27.8. The maximum absolute atomic E-state index is 13.2. The summed E-state index contributed by atoms with van der Waals surface area (Å²) in [5, 5.41) is 48.3. The van der Waals surface area contributed by atoms with Crippen LogP contribution >= 0.6 is 21.6 Å². The van der Waals surface area contributed by atoms with Crippen molar-refractivity contribution in [1.82, 2.24) is 26.6 Å². The van der Waals surface area contributed by atoms with E-state index in [-0.39, 0.29) is 49.4 Å². The number of carbonyl (C=O) groups is 9. The van der Waals surface area contributed by atoms with Crippen molar-refractivity contribution in [3.8, 4) is 0 Å². The minimum atomic E-state index is -1.95. The number of rotatable bonds is 28. The molecule has 51 heavy (non-hydrogen) atoms. The molecule has 24 heteroatoms. The van der Waals surface area contributed by atoms with Crippen molar-refractivity contribution in [3.63, 3.8) is 0 Å². The lowest BCUT2D eigenvalue weighted by molar-refractivity contribution is -0.144. The van der Waals surface area contributed by atoms with Gasteiger partial charge < -0.3 is 63.6 Å². The summed E-state index contributed by atoms with van der Waals surface area (Å²) in [4.78, 5) is 109. The Morgan fingerprint density at radius 1 is 0.706 bits per heavy atom. The van der Waals surface area contributed by atoms with Crippen molar-refractivity contribution in [2.75, 3.05) is 18.9 Å². The van der Waals surface area contributed by atoms with Crippen LogP contribution in [0.4, 0.5) is 0 Å². The number of amides is 4. The van der Waals surface area contributed by atoms with Gasteiger partial charge >= 0.3 is 23.9 Å². The highest BCUT2D eigenvalue weighted by molar-refractivity contribution is 8.77. The van der Waals surface area contributed by atoms with Gasteiger partial charge in [-0.1, -0.05) is 35.4 Å². The Balaban J connectivity index is 5.96. The molecule has 6 atom stereocenters. The molecule has 0 aromatic rings. The second kappa shape index (κ2) is 24.8. The monoisotopic (exact) mass is 770 g/mol. The van der Waals surface area contributed by atoms with Crippen LogP contribution in [0.15, 0.2) is 0 Å². The summed E-state index contributed by atoms with van der Waals surface area (Å²) >= 11 is 0. The summed E-state index contributed by atoms with van der Waals surface area (Å²) in [5.74, 6) is -11.1. The number of carboxylic acids is 4. The minimum Gasteiger partial charge on any atom is -0.481 e. The van der Waals surface area contributed by atoms with E-state index in [1.807, 2.05) is 19.2 Å². The van der Waals surface area contributed by atoms with Gasteiger partial charge in [-0.05, 0) is 25.3 Å². The molecule has 0 bridgehead atoms. The van der Waals surface area contributed by atoms with Gasteiger partial charge in [0, 0.05) is 5.75 Å². The van der Waals surface area contributed by atoms with E-state index in [1.165, 1.54) is 10.8 Å². The van der Waals surface area contributed by atoms with E-state index in [2.05, 4.69) is 21.3 Å². The molecule has 0 spiro atoms. The Morgan fingerprint density at radius 3 is 1.61 bits per heavy atom. The molecule has 290 valence electrons. The summed E-state index contributed by atoms with van der Waals surface area (Å²) in [6.07, 6.45) is -3.93. The number of ether oxygens (including phenoxy) is 1. The third-order valence-corrected chi connectivity index (χ3v) is 9.64. The van der Waals surface area contributed by atoms with E-state index in [9.17, 15) is 58.5 Å². The molecular formula is C27H46N8O14S2. The van der Waals surface area contributed by atoms with Crippen molar-refractivity contribution in [3.05, 3.63) is 0 Å². The number of nitrogens with two attached hydrogens (primary N) is 3. The highest BCUT2D eigenvalue weighted by atomic mass is 33.1. The van der Waals surface area contributed by atoms with E-state index >= 15 is 0 Å². The lowest BCUT2D eigenvalue weighted by atomic mass is 10.1. The van der Waals surface area contributed by atoms with Crippen molar-refractivity contribution < 1.29 is 68.3 Å². The largest absolute Gasteiger partial charge is 0.481 e. The summed E-state index contributed by atoms with van der Waals surface area (Å²) in [6.45, 7) is 4.11. The smallest absolute Gasteiger partial charge is 0.327 e. The van der Waals surface area contributed by atoms with Gasteiger partial charge in [0.15, 0.2) is 0 Å². The number of hydrogen-bond acceptors (Lipinski definition) is 16. The van der Waals surface area contributed by atoms with Crippen LogP contribution in [0.2, 0.25) is 0 Å². The van der Waals surface area contributed by atoms with Crippen molar-refractivity contribution in [1.29, 1.82) is 0 Å². The van der Waals surface area contributed by atoms with E-state index < -0.39 is 103 Å². The van der Waals surface area contributed by atoms with Crippen LogP contribution < -0.4 is 43.8 Å². The molecule has 0 aromatic carbocycles. The first-order chi connectivity index (χ1) is 23.8. The number of nitrogens with one attached hydrogen (secondary N) is 5. The topological polar surface area (TPSA) is 382 Å². The first kappa shape index (κ1) is 46.8. The minimum absolute atomic E-state index is 0.0165. The van der Waals surface area contributed by atoms with E-state index in [1.54, 1.807) is 0 Å². The molecule has 4 amide bonds. The standard InChI is InChI=1S/C27H46N8O14S2/c1-12(2)18(9-49-11-36)51-50-10-17(26(47)48)35-25(46)16(8-21(41)42)34-24(45)15(7-20(39)40)33-23(44)14(4-3-5-31-27(29)30)32-22(43)13(28)6-19(37)38/h11-18,27,31H,3-10,28-30H2,1-2H3,(H,32,43)(H,33,44)(H,34,45)(H,35,46)(H,37,38)(H,39,40)(H,41,42)(H,47,48)/t13-,14-,15-,16-,17-,18+/m0/s1. The molecule has 0 aromatic heterocycles. The van der Waals surface area contributed by atoms with Gasteiger partial charge in [0.2, 0.25) is 23.6 Å². The predicted octanol–water partition coefficient (Wildman–Crippen LogP) is -4.09. The van der Waals surface area contributed by atoms with Crippen molar-refractivity contribution in [2.24, 2.45) is 23.1 Å². The number of carbonyl (C=O) groups excluding carboxylic acids is 5. The van der Waals surface area contributed by atoms with Gasteiger partial charge in [0.1, 0.15) is 37.1 Å². The van der Waals surface area contributed by atoms with Crippen LogP contribution in [-0.4, -0.2) is 135 Å². The van der Waals surface area contributed by atoms with E-state index in [4.69, 9.17) is 27.0 Å². The quantitative estimate of drug-likeness (QED) is 0.0156. The van der Waals surface area contributed by atoms with Crippen LogP contribution in [0.5, 0.6) is 0 Å². The Bertz CT molecular complexity index is 1230. The van der Waals surface area contributed by atoms with Crippen LogP contribution in [0, 0.1) is 5.92 Å². The highest BCUT2D eigenvalue weighted by Crippen LogP contribution is 2.32. The first-order valence-corrected chi connectivity index (χ1v) is 17.6. The van der Waals surface area contributed by atoms with Gasteiger partial charge in [0.25, 0.3) is 6.47 Å². The fraction of sp³-hybridized carbons (Fsp3) is 0.667. The normalized spacial score (nSPS) is 14.6. The molecule has 0 rings (SSSR count). The summed E-state index contributed by atoms with van der Waals surface area (Å²) in [5.41, 5.74) is 16.4. The number of aliphatic carboxylic acids is 4. The van der Waals surface area contributed by atoms with Crippen molar-refractivity contribution in [2.45, 2.75) is 87.7 Å². The molecule has 0 aliphatic carbocycles. The van der Waals surface area contributed by atoms with Gasteiger partial charge in [0.05, 0.1) is 30.6 Å². The van der Waals surface area contributed by atoms with E-state index in [0.29, 0.717) is 0 Å². The Labute approximate surface area is 299 Å². The Kier molecular flexibility index (Phi) is 22.8. The average molecular weight is 771 g/mol. The molecule has 0 unspecified atom stereocenters. The molecule has 15 N–H and O–H groups in total. The predicted molar refractivity (Wildman–Crippen MR) is 180 cm³/mol. The Hall–Kier alpha value is -4.23. The fourth-order valence-corrected chi connectivity index (χ4v) is 6.80. The van der Waals surface area contributed by atoms with E-state index in [0.717, 1.165) is 10.8 Å². The molecule has 0 aliphatic rings. The number of carboxylic acid groups (broad SMARTS) is 4. The maximum atomic E-state index is 13.2. The average Bonchev–Trinajstić information content (AvgIpc) is 3.01. The molecule has 0 saturated carbocycles. The second-order valence-corrected chi connectivity index (χ2v) is 13.8. The molecular weight excluding hydrogens is 724 g/mol. The molecule has 0 heterocycles. The summed E-state index contributed by atoms with van der Waals surface area (Å²) in [7, 11) is 2.21. The fourth-order valence-electron chi connectivity index (χ4n) is 3.82. The lowest BCUT2D eigenvalue weighted by Crippen LogP contribution is -2.59. The molecule has 0 aliphatic heterocycles. The first-order valence-electron chi connectivity index (χ1n) is 15.2. The zero-order valence-corrected chi connectivity index (χ0v) is 29.4. The molecule has 0 saturated heterocycles. The van der Waals surface area contributed by atoms with Crippen LogP contribution in [-0.2, 0) is 47.9 Å². The van der Waals surface area contributed by atoms with Crippen LogP contribution in [0.1, 0.15) is 46.0 Å². The SMILES string of the molecule is CC(C)[C@@H](COC=O)SSC[C@H](NC(=O)[C@H](CC(=O)O)NC(=O)[C@H](CC(=O)O)NC(=O)[C@H](CCCNC(N)N)NC(=O)[C@@H](N)CC(=O)O)C(=O)O. The van der Waals surface area contributed by atoms with Gasteiger partial charge in [-0.15, -0.1) is 0 Å². The van der Waals surface area contributed by atoms with Gasteiger partial charge in [-0.25, -0.2) is 4.79 Å². The third kappa shape index (κ3) is 20.9. The summed E-state index contributed by atoms with van der Waals surface area (Å²) in [6, 6.07) is -8.56. The third-order valence-electron chi connectivity index (χ3n) is 6.55. The molecule has 22 nitrogen and oxygen atoms in total. The highest BCUT2D eigenvalue weighted by Gasteiger charge is 2.34. The second-order valence-electron chi connectivity index (χ2n) is 11.2. The van der Waals surface area contributed by atoms with Crippen LogP contribution in [0.25, 0.3) is 0 Å². The maximum Gasteiger partial charge on any atom is 0.327 e. The molecule has 0 fully saturated rings. The van der Waals surface area contributed by atoms with Gasteiger partial charge in [-0.2, -0.15) is 0 Å². The lowest BCUT2D eigenvalue weighted by Gasteiger charge is -2.25. The van der Waals surface area contributed by atoms with Crippen LogP contribution in [0.3, 0.4) is 0 Å². The van der Waals surface area contributed by atoms with Gasteiger partial charge in [-0.3, -0.25) is 43.7 Å². The zero-order chi connectivity index (χ0) is 39.3. The van der Waals surface area contributed by atoms with Crippen molar-refractivity contribution >= 4 is 75.6 Å². The molecule has 0 radical (unpaired) electrons. The number of hydrogen-bond donors (Lipinski definition) is 12.